The van der Waals surface area contributed by atoms with E-state index in [0.29, 0.717) is 15.7 Å². The number of nitrogens with one attached hydrogen (secondary N) is 1. The molecule has 0 spiro atoms. The molecule has 0 amide bonds. The average molecular weight is 307 g/mol. The summed E-state index contributed by atoms with van der Waals surface area (Å²) >= 11 is 12.5. The largest absolute Gasteiger partial charge is 0.399 e. The first-order valence-electron chi connectivity index (χ1n) is 6.77. The van der Waals surface area contributed by atoms with E-state index in [-0.39, 0.29) is 0 Å². The number of hydrogen-bond acceptors (Lipinski definition) is 2. The van der Waals surface area contributed by atoms with Crippen LogP contribution in [0.15, 0.2) is 30.3 Å². The highest BCUT2D eigenvalue weighted by atomic mass is 35.5. The highest BCUT2D eigenvalue weighted by Gasteiger charge is 2.15. The second kappa shape index (κ2) is 5.55. The molecule has 0 heterocycles. The number of anilines is 3. The summed E-state index contributed by atoms with van der Waals surface area (Å²) in [6.45, 7) is 0. The lowest BCUT2D eigenvalue weighted by molar-refractivity contribution is 0.687. The molecule has 1 aliphatic carbocycles. The van der Waals surface area contributed by atoms with Crippen LogP contribution >= 0.6 is 23.2 Å². The molecule has 0 bridgehead atoms. The van der Waals surface area contributed by atoms with Gasteiger partial charge in [-0.3, -0.25) is 0 Å². The predicted octanol–water partition coefficient (Wildman–Crippen LogP) is 5.20. The maximum Gasteiger partial charge on any atom is 0.0764 e. The minimum Gasteiger partial charge on any atom is -0.399 e. The van der Waals surface area contributed by atoms with E-state index in [2.05, 4.69) is 23.5 Å². The van der Waals surface area contributed by atoms with Gasteiger partial charge in [-0.1, -0.05) is 35.3 Å². The van der Waals surface area contributed by atoms with Crippen molar-refractivity contribution in [3.8, 4) is 0 Å². The third kappa shape index (κ3) is 2.58. The second-order valence-electron chi connectivity index (χ2n) is 5.13. The summed E-state index contributed by atoms with van der Waals surface area (Å²) in [6, 6.07) is 9.78. The molecule has 2 aromatic rings. The molecule has 0 fully saturated rings. The van der Waals surface area contributed by atoms with Crippen molar-refractivity contribution in [2.24, 2.45) is 0 Å². The zero-order chi connectivity index (χ0) is 14.1. The zero-order valence-electron chi connectivity index (χ0n) is 11.0. The first kappa shape index (κ1) is 13.6. The lowest BCUT2D eigenvalue weighted by atomic mass is 9.90. The van der Waals surface area contributed by atoms with Gasteiger partial charge in [-0.05, 0) is 55.0 Å². The molecule has 0 atom stereocenters. The molecule has 0 aromatic heterocycles. The maximum atomic E-state index is 6.24. The van der Waals surface area contributed by atoms with Crippen molar-refractivity contribution in [1.29, 1.82) is 0 Å². The first-order valence-corrected chi connectivity index (χ1v) is 7.53. The summed E-state index contributed by atoms with van der Waals surface area (Å²) in [4.78, 5) is 0. The highest BCUT2D eigenvalue weighted by molar-refractivity contribution is 6.39. The number of halogens is 2. The first-order chi connectivity index (χ1) is 9.65. The average Bonchev–Trinajstić information content (AvgIpc) is 2.43. The van der Waals surface area contributed by atoms with E-state index in [0.717, 1.165) is 24.2 Å². The Kier molecular flexibility index (Phi) is 3.77. The van der Waals surface area contributed by atoms with Crippen molar-refractivity contribution in [3.05, 3.63) is 51.5 Å². The van der Waals surface area contributed by atoms with Crippen molar-refractivity contribution < 1.29 is 0 Å². The molecule has 4 heteroatoms. The predicted molar refractivity (Wildman–Crippen MR) is 87.2 cm³/mol. The lowest BCUT2D eigenvalue weighted by Gasteiger charge is -2.21. The van der Waals surface area contributed by atoms with Gasteiger partial charge in [0.25, 0.3) is 0 Å². The normalized spacial score (nSPS) is 13.9. The Labute approximate surface area is 128 Å². The molecule has 104 valence electrons. The summed E-state index contributed by atoms with van der Waals surface area (Å²) in [5, 5.41) is 4.47. The van der Waals surface area contributed by atoms with E-state index in [1.54, 1.807) is 12.1 Å². The molecular weight excluding hydrogens is 291 g/mol. The van der Waals surface area contributed by atoms with Crippen LogP contribution in [0.2, 0.25) is 10.0 Å². The molecule has 0 unspecified atom stereocenters. The van der Waals surface area contributed by atoms with Gasteiger partial charge in [-0.15, -0.1) is 0 Å². The van der Waals surface area contributed by atoms with Gasteiger partial charge < -0.3 is 11.1 Å². The van der Waals surface area contributed by atoms with Gasteiger partial charge in [-0.25, -0.2) is 0 Å². The summed E-state index contributed by atoms with van der Waals surface area (Å²) in [5.41, 5.74) is 10.9. The highest BCUT2D eigenvalue weighted by Crippen LogP contribution is 2.37. The third-order valence-corrected chi connectivity index (χ3v) is 4.32. The number of nitrogen functional groups attached to an aromatic ring is 1. The summed E-state index contributed by atoms with van der Waals surface area (Å²) in [5.74, 6) is 0. The van der Waals surface area contributed by atoms with Crippen LogP contribution in [0.1, 0.15) is 24.0 Å². The van der Waals surface area contributed by atoms with E-state index in [4.69, 9.17) is 28.9 Å². The number of aryl methyl sites for hydroxylation is 1. The van der Waals surface area contributed by atoms with Crippen LogP contribution in [-0.4, -0.2) is 0 Å². The van der Waals surface area contributed by atoms with E-state index >= 15 is 0 Å². The molecule has 20 heavy (non-hydrogen) atoms. The standard InChI is InChI=1S/C16H16Cl2N2/c17-13-8-11(19)9-14(18)16(13)20-15-7-3-5-10-4-1-2-6-12(10)15/h3,5,7-9,20H,1-2,4,6,19H2. The van der Waals surface area contributed by atoms with Crippen molar-refractivity contribution in [2.45, 2.75) is 25.7 Å². The van der Waals surface area contributed by atoms with Gasteiger partial charge in [0.15, 0.2) is 0 Å². The van der Waals surface area contributed by atoms with Gasteiger partial charge in [0.1, 0.15) is 0 Å². The smallest absolute Gasteiger partial charge is 0.0764 e. The summed E-state index contributed by atoms with van der Waals surface area (Å²) in [7, 11) is 0. The van der Waals surface area contributed by atoms with Gasteiger partial charge in [-0.2, -0.15) is 0 Å². The van der Waals surface area contributed by atoms with Crippen molar-refractivity contribution in [3.63, 3.8) is 0 Å². The Morgan fingerprint density at radius 1 is 1.00 bits per heavy atom. The zero-order valence-corrected chi connectivity index (χ0v) is 12.6. The number of fused-ring (bicyclic) bond motifs is 1. The molecule has 2 aromatic carbocycles. The van der Waals surface area contributed by atoms with Crippen molar-refractivity contribution in [1.82, 2.24) is 0 Å². The van der Waals surface area contributed by atoms with Crippen LogP contribution in [0.3, 0.4) is 0 Å². The van der Waals surface area contributed by atoms with Gasteiger partial charge in [0, 0.05) is 11.4 Å². The van der Waals surface area contributed by atoms with Crippen LogP contribution in [-0.2, 0) is 12.8 Å². The number of rotatable bonds is 2. The van der Waals surface area contributed by atoms with Crippen molar-refractivity contribution in [2.75, 3.05) is 11.1 Å². The van der Waals surface area contributed by atoms with E-state index in [1.165, 1.54) is 24.0 Å². The minimum atomic E-state index is 0.545. The topological polar surface area (TPSA) is 38.0 Å². The van der Waals surface area contributed by atoms with E-state index in [1.807, 2.05) is 0 Å². The van der Waals surface area contributed by atoms with Crippen molar-refractivity contribution >= 4 is 40.3 Å². The molecular formula is C16H16Cl2N2. The number of benzene rings is 2. The van der Waals surface area contributed by atoms with Gasteiger partial charge in [0.05, 0.1) is 15.7 Å². The van der Waals surface area contributed by atoms with Crippen LogP contribution < -0.4 is 11.1 Å². The quantitative estimate of drug-likeness (QED) is 0.749. The van der Waals surface area contributed by atoms with Gasteiger partial charge in [0.2, 0.25) is 0 Å². The van der Waals surface area contributed by atoms with Gasteiger partial charge >= 0.3 is 0 Å². The Hall–Kier alpha value is -1.38. The Morgan fingerprint density at radius 3 is 2.45 bits per heavy atom. The molecule has 1 aliphatic rings. The van der Waals surface area contributed by atoms with Crippen LogP contribution in [0.4, 0.5) is 17.1 Å². The molecule has 0 saturated carbocycles. The summed E-state index contributed by atoms with van der Waals surface area (Å²) < 4.78 is 0. The van der Waals surface area contributed by atoms with Crippen LogP contribution in [0, 0.1) is 0 Å². The molecule has 0 saturated heterocycles. The van der Waals surface area contributed by atoms with E-state index in [9.17, 15) is 0 Å². The fourth-order valence-corrected chi connectivity index (χ4v) is 3.34. The molecule has 3 N–H and O–H groups in total. The fraction of sp³-hybridized carbons (Fsp3) is 0.250. The Bertz CT molecular complexity index is 630. The maximum absolute atomic E-state index is 6.24. The van der Waals surface area contributed by atoms with Crippen LogP contribution in [0.5, 0.6) is 0 Å². The molecule has 0 radical (unpaired) electrons. The second-order valence-corrected chi connectivity index (χ2v) is 5.95. The number of hydrogen-bond donors (Lipinski definition) is 2. The molecule has 2 nitrogen and oxygen atoms in total. The Balaban J connectivity index is 2.00. The monoisotopic (exact) mass is 306 g/mol. The lowest BCUT2D eigenvalue weighted by Crippen LogP contribution is -2.06. The fourth-order valence-electron chi connectivity index (χ4n) is 2.75. The number of nitrogens with two attached hydrogens (primary N) is 1. The Morgan fingerprint density at radius 2 is 1.70 bits per heavy atom. The SMILES string of the molecule is Nc1cc(Cl)c(Nc2cccc3c2CCCC3)c(Cl)c1. The molecule has 0 aliphatic heterocycles. The summed E-state index contributed by atoms with van der Waals surface area (Å²) in [6.07, 6.45) is 4.74. The minimum absolute atomic E-state index is 0.545. The van der Waals surface area contributed by atoms with E-state index < -0.39 is 0 Å². The van der Waals surface area contributed by atoms with Crippen LogP contribution in [0.25, 0.3) is 0 Å². The third-order valence-electron chi connectivity index (χ3n) is 3.72. The molecule has 3 rings (SSSR count).